The Morgan fingerprint density at radius 1 is 1.17 bits per heavy atom. The first-order chi connectivity index (χ1) is 11.4. The highest BCUT2D eigenvalue weighted by atomic mass is 16.6. The number of carbonyl (C=O) groups excluding carboxylic acids is 1. The lowest BCUT2D eigenvalue weighted by Crippen LogP contribution is -2.43. The predicted molar refractivity (Wildman–Crippen MR) is 92.8 cm³/mol. The van der Waals surface area contributed by atoms with Crippen LogP contribution in [0.25, 0.3) is 5.70 Å². The van der Waals surface area contributed by atoms with E-state index >= 15 is 0 Å². The Morgan fingerprint density at radius 2 is 1.83 bits per heavy atom. The second-order valence-corrected chi connectivity index (χ2v) is 6.54. The highest BCUT2D eigenvalue weighted by Gasteiger charge is 2.28. The van der Waals surface area contributed by atoms with Gasteiger partial charge in [-0.1, -0.05) is 36.4 Å². The molecule has 0 aliphatic carbocycles. The van der Waals surface area contributed by atoms with E-state index in [0.717, 1.165) is 17.5 Å². The number of nitro benzene ring substituents is 1. The van der Waals surface area contributed by atoms with Crippen LogP contribution in [0.4, 0.5) is 5.69 Å². The van der Waals surface area contributed by atoms with E-state index < -0.39 is 4.92 Å². The fraction of sp³-hybridized carbons (Fsp3) is 0.211. The first-order valence-electron chi connectivity index (χ1n) is 7.73. The third kappa shape index (κ3) is 3.06. The molecule has 0 saturated carbocycles. The van der Waals surface area contributed by atoms with E-state index in [1.807, 2.05) is 24.3 Å². The quantitative estimate of drug-likeness (QED) is 0.404. The summed E-state index contributed by atoms with van der Waals surface area (Å²) in [7, 11) is 0. The van der Waals surface area contributed by atoms with Gasteiger partial charge in [0, 0.05) is 28.9 Å². The molecule has 0 spiro atoms. The Kier molecular flexibility index (Phi) is 3.93. The molecule has 1 N–H and O–H groups in total. The number of fused-ring (bicyclic) bond motifs is 1. The first kappa shape index (κ1) is 15.9. The van der Waals surface area contributed by atoms with E-state index in [0.29, 0.717) is 5.70 Å². The SMILES string of the molecule is CC1(C)Cc2ccccc2/C(=C/C(=O)c2ccccc2[N+](=O)[O-])N1. The number of carbonyl (C=O) groups is 1. The van der Waals surface area contributed by atoms with E-state index in [9.17, 15) is 14.9 Å². The number of para-hydroxylation sites is 1. The molecule has 24 heavy (non-hydrogen) atoms. The molecule has 1 aliphatic rings. The number of nitrogens with one attached hydrogen (secondary N) is 1. The number of ketones is 1. The molecular weight excluding hydrogens is 304 g/mol. The van der Waals surface area contributed by atoms with Crippen molar-refractivity contribution in [2.75, 3.05) is 0 Å². The largest absolute Gasteiger partial charge is 0.379 e. The van der Waals surface area contributed by atoms with Crippen molar-refractivity contribution in [2.24, 2.45) is 0 Å². The number of allylic oxidation sites excluding steroid dienone is 1. The van der Waals surface area contributed by atoms with Gasteiger partial charge >= 0.3 is 0 Å². The third-order valence-corrected chi connectivity index (χ3v) is 4.05. The van der Waals surface area contributed by atoms with E-state index in [-0.39, 0.29) is 22.6 Å². The molecule has 2 aromatic rings. The van der Waals surface area contributed by atoms with Crippen LogP contribution >= 0.6 is 0 Å². The molecule has 0 aromatic heterocycles. The minimum atomic E-state index is -0.530. The lowest BCUT2D eigenvalue weighted by atomic mass is 9.85. The van der Waals surface area contributed by atoms with Gasteiger partial charge < -0.3 is 5.32 Å². The van der Waals surface area contributed by atoms with Crippen LogP contribution in [-0.4, -0.2) is 16.2 Å². The van der Waals surface area contributed by atoms with Crippen LogP contribution in [0.1, 0.15) is 35.3 Å². The maximum absolute atomic E-state index is 12.6. The Balaban J connectivity index is 2.06. The average Bonchev–Trinajstić information content (AvgIpc) is 2.53. The molecule has 5 nitrogen and oxygen atoms in total. The van der Waals surface area contributed by atoms with Crippen LogP contribution in [0.5, 0.6) is 0 Å². The van der Waals surface area contributed by atoms with Gasteiger partial charge in [0.15, 0.2) is 5.78 Å². The molecule has 0 amide bonds. The molecule has 0 fully saturated rings. The van der Waals surface area contributed by atoms with Crippen LogP contribution < -0.4 is 5.32 Å². The van der Waals surface area contributed by atoms with Crippen molar-refractivity contribution < 1.29 is 9.72 Å². The summed E-state index contributed by atoms with van der Waals surface area (Å²) >= 11 is 0. The normalized spacial score (nSPS) is 17.0. The summed E-state index contributed by atoms with van der Waals surface area (Å²) in [6.07, 6.45) is 2.31. The monoisotopic (exact) mass is 322 g/mol. The van der Waals surface area contributed by atoms with Gasteiger partial charge in [-0.05, 0) is 31.9 Å². The molecule has 5 heteroatoms. The number of rotatable bonds is 3. The second-order valence-electron chi connectivity index (χ2n) is 6.54. The van der Waals surface area contributed by atoms with E-state index in [2.05, 4.69) is 19.2 Å². The summed E-state index contributed by atoms with van der Waals surface area (Å²) in [5.41, 5.74) is 2.54. The van der Waals surface area contributed by atoms with E-state index in [4.69, 9.17) is 0 Å². The van der Waals surface area contributed by atoms with Crippen LogP contribution in [-0.2, 0) is 6.42 Å². The van der Waals surface area contributed by atoms with Crippen LogP contribution in [0.15, 0.2) is 54.6 Å². The lowest BCUT2D eigenvalue weighted by molar-refractivity contribution is -0.385. The Labute approximate surface area is 140 Å². The average molecular weight is 322 g/mol. The lowest BCUT2D eigenvalue weighted by Gasteiger charge is -2.35. The fourth-order valence-electron chi connectivity index (χ4n) is 3.05. The molecule has 0 unspecified atom stereocenters. The first-order valence-corrected chi connectivity index (χ1v) is 7.73. The zero-order chi connectivity index (χ0) is 17.3. The molecule has 0 bridgehead atoms. The van der Waals surface area contributed by atoms with Crippen LogP contribution in [0, 0.1) is 10.1 Å². The molecule has 0 radical (unpaired) electrons. The van der Waals surface area contributed by atoms with Gasteiger partial charge in [0.05, 0.1) is 10.5 Å². The highest BCUT2D eigenvalue weighted by molar-refractivity contribution is 6.11. The van der Waals surface area contributed by atoms with Crippen molar-refractivity contribution in [1.29, 1.82) is 0 Å². The number of hydrogen-bond acceptors (Lipinski definition) is 4. The molecule has 122 valence electrons. The van der Waals surface area contributed by atoms with Crippen LogP contribution in [0.3, 0.4) is 0 Å². The van der Waals surface area contributed by atoms with Gasteiger partial charge in [-0.15, -0.1) is 0 Å². The topological polar surface area (TPSA) is 72.2 Å². The number of nitrogens with zero attached hydrogens (tertiary/aromatic N) is 1. The summed E-state index contributed by atoms with van der Waals surface area (Å²) in [5, 5.41) is 14.5. The molecule has 1 heterocycles. The Morgan fingerprint density at radius 3 is 2.58 bits per heavy atom. The van der Waals surface area contributed by atoms with Crippen molar-refractivity contribution in [1.82, 2.24) is 5.32 Å². The van der Waals surface area contributed by atoms with Gasteiger partial charge in [-0.3, -0.25) is 14.9 Å². The standard InChI is InChI=1S/C19H18N2O3/c1-19(2)12-13-7-3-4-8-14(13)16(20-19)11-18(22)15-9-5-6-10-17(15)21(23)24/h3-11,20H,12H2,1-2H3/b16-11-. The summed E-state index contributed by atoms with van der Waals surface area (Å²) < 4.78 is 0. The predicted octanol–water partition coefficient (Wildman–Crippen LogP) is 3.74. The minimum Gasteiger partial charge on any atom is -0.379 e. The van der Waals surface area contributed by atoms with Crippen molar-refractivity contribution in [3.8, 4) is 0 Å². The van der Waals surface area contributed by atoms with Crippen LogP contribution in [0.2, 0.25) is 0 Å². The summed E-state index contributed by atoms with van der Waals surface area (Å²) in [6.45, 7) is 4.12. The summed E-state index contributed by atoms with van der Waals surface area (Å²) in [6, 6.07) is 13.9. The molecule has 1 aliphatic heterocycles. The van der Waals surface area contributed by atoms with Gasteiger partial charge in [0.1, 0.15) is 0 Å². The maximum Gasteiger partial charge on any atom is 0.280 e. The number of nitro groups is 1. The Bertz CT molecular complexity index is 853. The Hall–Kier alpha value is -2.95. The molecule has 2 aromatic carbocycles. The van der Waals surface area contributed by atoms with Gasteiger partial charge in [0.2, 0.25) is 0 Å². The van der Waals surface area contributed by atoms with Gasteiger partial charge in [-0.2, -0.15) is 0 Å². The molecule has 0 saturated heterocycles. The smallest absolute Gasteiger partial charge is 0.280 e. The van der Waals surface area contributed by atoms with Crippen molar-refractivity contribution in [2.45, 2.75) is 25.8 Å². The second kappa shape index (κ2) is 5.92. The fourth-order valence-corrected chi connectivity index (χ4v) is 3.05. The van der Waals surface area contributed by atoms with Crippen molar-refractivity contribution >= 4 is 17.2 Å². The molecular formula is C19H18N2O3. The zero-order valence-corrected chi connectivity index (χ0v) is 13.6. The number of benzene rings is 2. The highest BCUT2D eigenvalue weighted by Crippen LogP contribution is 2.30. The maximum atomic E-state index is 12.6. The molecule has 3 rings (SSSR count). The van der Waals surface area contributed by atoms with E-state index in [1.54, 1.807) is 12.1 Å². The van der Waals surface area contributed by atoms with E-state index in [1.165, 1.54) is 18.2 Å². The van der Waals surface area contributed by atoms with Crippen molar-refractivity contribution in [3.63, 3.8) is 0 Å². The molecule has 0 atom stereocenters. The van der Waals surface area contributed by atoms with Gasteiger partial charge in [0.25, 0.3) is 5.69 Å². The van der Waals surface area contributed by atoms with Crippen molar-refractivity contribution in [3.05, 3.63) is 81.4 Å². The number of hydrogen-bond donors (Lipinski definition) is 1. The summed E-state index contributed by atoms with van der Waals surface area (Å²) in [4.78, 5) is 23.2. The minimum absolute atomic E-state index is 0.0951. The zero-order valence-electron chi connectivity index (χ0n) is 13.6. The van der Waals surface area contributed by atoms with Gasteiger partial charge in [-0.25, -0.2) is 0 Å². The summed E-state index contributed by atoms with van der Waals surface area (Å²) in [5.74, 6) is -0.377. The third-order valence-electron chi connectivity index (χ3n) is 4.05.